The Kier molecular flexibility index (Phi) is 3.91. The molecule has 0 saturated heterocycles. The summed E-state index contributed by atoms with van der Waals surface area (Å²) >= 11 is 0. The zero-order chi connectivity index (χ0) is 14.8. The molecule has 2 aromatic carbocycles. The van der Waals surface area contributed by atoms with Crippen molar-refractivity contribution < 1.29 is 9.84 Å². The number of aliphatic hydroxyl groups is 1. The molecule has 2 aromatic rings. The van der Waals surface area contributed by atoms with Gasteiger partial charge in [0.15, 0.2) is 0 Å². The Morgan fingerprint density at radius 3 is 2.76 bits per heavy atom. The highest BCUT2D eigenvalue weighted by Gasteiger charge is 2.24. The number of hydrogen-bond donors (Lipinski definition) is 1. The van der Waals surface area contributed by atoms with E-state index in [2.05, 4.69) is 49.9 Å². The number of fused-ring (bicyclic) bond motifs is 1. The van der Waals surface area contributed by atoms with Gasteiger partial charge in [-0.15, -0.1) is 0 Å². The number of rotatable bonds is 3. The van der Waals surface area contributed by atoms with Crippen LogP contribution in [0.15, 0.2) is 60.7 Å². The third-order valence-electron chi connectivity index (χ3n) is 3.98. The maximum absolute atomic E-state index is 9.56. The van der Waals surface area contributed by atoms with Crippen LogP contribution in [0.5, 0.6) is 0 Å². The summed E-state index contributed by atoms with van der Waals surface area (Å²) in [5.74, 6) is 0.341. The summed E-state index contributed by atoms with van der Waals surface area (Å²) in [5, 5.41) is 12.0. The number of aliphatic hydroxyl groups excluding tert-OH is 1. The zero-order valence-electron chi connectivity index (χ0n) is 12.3. The van der Waals surface area contributed by atoms with E-state index >= 15 is 0 Å². The fourth-order valence-electron chi connectivity index (χ4n) is 2.86. The molecule has 1 aliphatic heterocycles. The van der Waals surface area contributed by atoms with Crippen LogP contribution in [0.1, 0.15) is 12.5 Å². The van der Waals surface area contributed by atoms with E-state index in [4.69, 9.17) is 4.74 Å². The Balaban J connectivity index is 1.94. The first-order valence-corrected chi connectivity index (χ1v) is 7.30. The van der Waals surface area contributed by atoms with Crippen molar-refractivity contribution in [1.82, 2.24) is 0 Å². The molecule has 0 fully saturated rings. The van der Waals surface area contributed by atoms with Gasteiger partial charge in [-0.25, -0.2) is 0 Å². The fraction of sp³-hybridized carbons (Fsp3) is 0.263. The van der Waals surface area contributed by atoms with Crippen molar-refractivity contribution in [2.45, 2.75) is 13.0 Å². The molecule has 2 atom stereocenters. The summed E-state index contributed by atoms with van der Waals surface area (Å²) in [4.78, 5) is 0. The van der Waals surface area contributed by atoms with Crippen molar-refractivity contribution in [2.75, 3.05) is 13.2 Å². The molecule has 0 unspecified atom stereocenters. The van der Waals surface area contributed by atoms with Crippen molar-refractivity contribution in [2.24, 2.45) is 5.92 Å². The number of ether oxygens (including phenoxy) is 1. The molecular formula is C19H20O2. The van der Waals surface area contributed by atoms with E-state index in [0.717, 1.165) is 16.7 Å². The molecule has 0 radical (unpaired) electrons. The maximum atomic E-state index is 9.56. The highest BCUT2D eigenvalue weighted by molar-refractivity contribution is 5.86. The first kappa shape index (κ1) is 14.1. The van der Waals surface area contributed by atoms with Gasteiger partial charge in [0.25, 0.3) is 0 Å². The molecule has 2 nitrogen and oxygen atoms in total. The SMILES string of the molecule is C=C(c1ccc2ccccc2c1)[C@@H]1OC[C@H](C)C=C1CO. The quantitative estimate of drug-likeness (QED) is 0.866. The summed E-state index contributed by atoms with van der Waals surface area (Å²) in [7, 11) is 0. The van der Waals surface area contributed by atoms with E-state index in [1.54, 1.807) is 0 Å². The summed E-state index contributed by atoms with van der Waals surface area (Å²) in [6.07, 6.45) is 1.88. The van der Waals surface area contributed by atoms with E-state index in [-0.39, 0.29) is 12.7 Å². The Bertz CT molecular complexity index is 700. The van der Waals surface area contributed by atoms with Crippen LogP contribution >= 0.6 is 0 Å². The Morgan fingerprint density at radius 2 is 2.00 bits per heavy atom. The van der Waals surface area contributed by atoms with E-state index in [9.17, 15) is 5.11 Å². The first-order chi connectivity index (χ1) is 10.2. The Labute approximate surface area is 125 Å². The predicted octanol–water partition coefficient (Wildman–Crippen LogP) is 3.81. The highest BCUT2D eigenvalue weighted by atomic mass is 16.5. The number of hydrogen-bond acceptors (Lipinski definition) is 2. The molecule has 1 aliphatic rings. The molecule has 1 N–H and O–H groups in total. The minimum absolute atomic E-state index is 0.0155. The zero-order valence-corrected chi connectivity index (χ0v) is 12.3. The van der Waals surface area contributed by atoms with Crippen molar-refractivity contribution in [3.63, 3.8) is 0 Å². The van der Waals surface area contributed by atoms with E-state index < -0.39 is 0 Å². The lowest BCUT2D eigenvalue weighted by atomic mass is 9.91. The minimum atomic E-state index is -0.215. The van der Waals surface area contributed by atoms with Gasteiger partial charge in [-0.2, -0.15) is 0 Å². The van der Waals surface area contributed by atoms with Crippen molar-refractivity contribution in [1.29, 1.82) is 0 Å². The average Bonchev–Trinajstić information content (AvgIpc) is 2.53. The van der Waals surface area contributed by atoms with Crippen LogP contribution in [0.4, 0.5) is 0 Å². The molecule has 0 amide bonds. The van der Waals surface area contributed by atoms with Crippen LogP contribution in [-0.2, 0) is 4.74 Å². The molecule has 1 heterocycles. The molecule has 2 heteroatoms. The van der Waals surface area contributed by atoms with Crippen LogP contribution in [0.2, 0.25) is 0 Å². The second-order valence-corrected chi connectivity index (χ2v) is 5.68. The molecule has 0 aliphatic carbocycles. The van der Waals surface area contributed by atoms with Gasteiger partial charge in [-0.3, -0.25) is 0 Å². The van der Waals surface area contributed by atoms with Crippen LogP contribution in [0.3, 0.4) is 0 Å². The predicted molar refractivity (Wildman–Crippen MR) is 87.1 cm³/mol. The van der Waals surface area contributed by atoms with Gasteiger partial charge in [0.2, 0.25) is 0 Å². The largest absolute Gasteiger partial charge is 0.392 e. The molecule has 108 valence electrons. The van der Waals surface area contributed by atoms with Crippen molar-refractivity contribution >= 4 is 16.3 Å². The fourth-order valence-corrected chi connectivity index (χ4v) is 2.86. The topological polar surface area (TPSA) is 29.5 Å². The van der Waals surface area contributed by atoms with Gasteiger partial charge in [-0.05, 0) is 39.5 Å². The second kappa shape index (κ2) is 5.84. The van der Waals surface area contributed by atoms with Gasteiger partial charge >= 0.3 is 0 Å². The molecular weight excluding hydrogens is 260 g/mol. The lowest BCUT2D eigenvalue weighted by Crippen LogP contribution is -2.27. The lowest BCUT2D eigenvalue weighted by molar-refractivity contribution is 0.0759. The molecule has 0 spiro atoms. The molecule has 0 bridgehead atoms. The summed E-state index contributed by atoms with van der Waals surface area (Å²) < 4.78 is 5.89. The third-order valence-corrected chi connectivity index (χ3v) is 3.98. The molecule has 3 rings (SSSR count). The average molecular weight is 280 g/mol. The Morgan fingerprint density at radius 1 is 1.24 bits per heavy atom. The van der Waals surface area contributed by atoms with Crippen molar-refractivity contribution in [3.05, 3.63) is 66.3 Å². The number of benzene rings is 2. The van der Waals surface area contributed by atoms with Crippen LogP contribution in [0, 0.1) is 5.92 Å². The van der Waals surface area contributed by atoms with Gasteiger partial charge in [0.1, 0.15) is 6.10 Å². The van der Waals surface area contributed by atoms with Gasteiger partial charge < -0.3 is 9.84 Å². The maximum Gasteiger partial charge on any atom is 0.106 e. The summed E-state index contributed by atoms with van der Waals surface area (Å²) in [5.41, 5.74) is 2.88. The van der Waals surface area contributed by atoms with Gasteiger partial charge in [-0.1, -0.05) is 56.0 Å². The monoisotopic (exact) mass is 280 g/mol. The van der Waals surface area contributed by atoms with Crippen LogP contribution in [0.25, 0.3) is 16.3 Å². The standard InChI is InChI=1S/C19H20O2/c1-13-9-18(11-20)19(21-12-13)14(2)16-8-7-15-5-3-4-6-17(15)10-16/h3-10,13,19-20H,2,11-12H2,1H3/t13-,19+/m1/s1. The van der Waals surface area contributed by atoms with Gasteiger partial charge in [0.05, 0.1) is 13.2 Å². The first-order valence-electron chi connectivity index (χ1n) is 7.30. The van der Waals surface area contributed by atoms with Crippen molar-refractivity contribution in [3.8, 4) is 0 Å². The smallest absolute Gasteiger partial charge is 0.106 e. The third kappa shape index (κ3) is 2.78. The highest BCUT2D eigenvalue weighted by Crippen LogP contribution is 2.30. The summed E-state index contributed by atoms with van der Waals surface area (Å²) in [6, 6.07) is 14.6. The van der Waals surface area contributed by atoms with Gasteiger partial charge in [0, 0.05) is 0 Å². The molecule has 21 heavy (non-hydrogen) atoms. The Hall–Kier alpha value is -1.90. The summed E-state index contributed by atoms with van der Waals surface area (Å²) in [6.45, 7) is 6.97. The minimum Gasteiger partial charge on any atom is -0.392 e. The normalized spacial score (nSPS) is 22.1. The molecule has 0 aromatic heterocycles. The lowest BCUT2D eigenvalue weighted by Gasteiger charge is -2.29. The van der Waals surface area contributed by atoms with E-state index in [0.29, 0.717) is 12.5 Å². The van der Waals surface area contributed by atoms with E-state index in [1.165, 1.54) is 10.8 Å². The van der Waals surface area contributed by atoms with E-state index in [1.807, 2.05) is 12.1 Å². The van der Waals surface area contributed by atoms with Crippen LogP contribution < -0.4 is 0 Å². The second-order valence-electron chi connectivity index (χ2n) is 5.68. The molecule has 0 saturated carbocycles. The van der Waals surface area contributed by atoms with Crippen LogP contribution in [-0.4, -0.2) is 24.4 Å².